The Kier molecular flexibility index (Phi) is 10.9. The zero-order valence-electron chi connectivity index (χ0n) is 48.5. The van der Waals surface area contributed by atoms with Gasteiger partial charge in [0.1, 0.15) is 0 Å². The molecule has 0 bridgehead atoms. The molecule has 0 saturated carbocycles. The molecule has 5 heteroatoms. The van der Waals surface area contributed by atoms with Crippen molar-refractivity contribution in [2.75, 3.05) is 9.80 Å². The van der Waals surface area contributed by atoms with Crippen LogP contribution < -0.4 is 25.5 Å². The number of para-hydroxylation sites is 2. The minimum Gasteiger partial charge on any atom is -0.311 e. The van der Waals surface area contributed by atoms with Crippen molar-refractivity contribution in [2.24, 2.45) is 0 Å². The lowest BCUT2D eigenvalue weighted by Crippen LogP contribution is -2.60. The molecule has 408 valence electrons. The Bertz CT molecular complexity index is 5430. The van der Waals surface area contributed by atoms with Crippen molar-refractivity contribution in [1.82, 2.24) is 4.57 Å². The summed E-state index contributed by atoms with van der Waals surface area (Å²) in [5.41, 5.74) is 21.4. The Morgan fingerprint density at radius 3 is 1.56 bits per heavy atom. The quantitative estimate of drug-likeness (QED) is 0.0934. The molecule has 0 atom stereocenters. The molecule has 0 spiro atoms. The standard InChI is InChI=1S/C82H56BN3S/c1-82(2,3)58-48-75-79-76(49-58)86(61-44-56(51-22-6-4-7-23-51)42-57(45-61)52-24-8-5-9-25-52)80-68-34-16-19-39-77(68)87-81(80)83(79)71-41-40-60(84-72-37-17-14-32-65(72)66-33-15-18-38-73(66)84)50-74(71)85(75)59-29-20-28-55(43-59)62-35-21-36-67-63-30-12-13-31-64(63)69-46-53-26-10-11-27-54(53)47-70(69)78(62)67/h4-50H,1-3H3. The summed E-state index contributed by atoms with van der Waals surface area (Å²) >= 11 is 1.95. The van der Waals surface area contributed by atoms with Gasteiger partial charge in [-0.15, -0.1) is 11.3 Å². The first-order valence-corrected chi connectivity index (χ1v) is 31.2. The van der Waals surface area contributed by atoms with Gasteiger partial charge in [0.25, 0.3) is 6.71 Å². The van der Waals surface area contributed by atoms with E-state index in [1.165, 1.54) is 152 Å². The molecule has 16 aromatic rings. The molecule has 0 unspecified atom stereocenters. The number of aromatic nitrogens is 1. The summed E-state index contributed by atoms with van der Waals surface area (Å²) in [5.74, 6) is 0. The second kappa shape index (κ2) is 19.0. The van der Waals surface area contributed by atoms with E-state index < -0.39 is 0 Å². The predicted molar refractivity (Wildman–Crippen MR) is 375 cm³/mol. The molecule has 2 aromatic heterocycles. The largest absolute Gasteiger partial charge is 0.311 e. The first-order chi connectivity index (χ1) is 42.8. The minimum atomic E-state index is -0.222. The van der Waals surface area contributed by atoms with Crippen LogP contribution in [-0.4, -0.2) is 11.3 Å². The average Bonchev–Trinajstić information content (AvgIpc) is 1.78. The van der Waals surface area contributed by atoms with Crippen molar-refractivity contribution >= 4 is 143 Å². The number of rotatable bonds is 6. The van der Waals surface area contributed by atoms with E-state index in [4.69, 9.17) is 0 Å². The highest BCUT2D eigenvalue weighted by Gasteiger charge is 2.46. The number of benzene rings is 14. The molecule has 18 rings (SSSR count). The molecular formula is C82H56BN3S. The third-order valence-electron chi connectivity index (χ3n) is 18.8. The second-order valence-corrected chi connectivity index (χ2v) is 25.9. The van der Waals surface area contributed by atoms with Crippen molar-refractivity contribution in [3.05, 3.63) is 291 Å². The van der Waals surface area contributed by atoms with Gasteiger partial charge in [-0.25, -0.2) is 0 Å². The van der Waals surface area contributed by atoms with Crippen LogP contribution in [0.3, 0.4) is 0 Å². The molecule has 4 heterocycles. The summed E-state index contributed by atoms with van der Waals surface area (Å²) in [7, 11) is 0. The molecule has 87 heavy (non-hydrogen) atoms. The van der Waals surface area contributed by atoms with Crippen molar-refractivity contribution in [1.29, 1.82) is 0 Å². The first-order valence-electron chi connectivity index (χ1n) is 30.3. The van der Waals surface area contributed by atoms with Crippen molar-refractivity contribution in [3.8, 4) is 39.1 Å². The van der Waals surface area contributed by atoms with E-state index in [1.54, 1.807) is 0 Å². The summed E-state index contributed by atoms with van der Waals surface area (Å²) in [6.45, 7) is 7.05. The zero-order chi connectivity index (χ0) is 57.6. The Balaban J connectivity index is 0.943. The number of nitrogens with zero attached hydrogens (tertiary/aromatic N) is 3. The fraction of sp³-hybridized carbons (Fsp3) is 0.0488. The number of hydrogen-bond donors (Lipinski definition) is 0. The second-order valence-electron chi connectivity index (χ2n) is 24.8. The molecule has 14 aromatic carbocycles. The summed E-state index contributed by atoms with van der Waals surface area (Å²) in [4.78, 5) is 5.29. The smallest absolute Gasteiger partial charge is 0.264 e. The topological polar surface area (TPSA) is 11.4 Å². The van der Waals surface area contributed by atoms with Crippen LogP contribution in [0.4, 0.5) is 34.1 Å². The van der Waals surface area contributed by atoms with Crippen LogP contribution in [0.5, 0.6) is 0 Å². The Morgan fingerprint density at radius 1 is 0.345 bits per heavy atom. The average molecular weight is 1130 g/mol. The van der Waals surface area contributed by atoms with Gasteiger partial charge < -0.3 is 14.4 Å². The highest BCUT2D eigenvalue weighted by molar-refractivity contribution is 7.33. The molecule has 0 N–H and O–H groups in total. The van der Waals surface area contributed by atoms with Gasteiger partial charge in [-0.2, -0.15) is 0 Å². The van der Waals surface area contributed by atoms with Crippen molar-refractivity contribution < 1.29 is 0 Å². The zero-order valence-corrected chi connectivity index (χ0v) is 49.3. The molecule has 3 nitrogen and oxygen atoms in total. The Morgan fingerprint density at radius 2 is 0.885 bits per heavy atom. The van der Waals surface area contributed by atoms with Crippen LogP contribution in [0.2, 0.25) is 0 Å². The van der Waals surface area contributed by atoms with E-state index in [2.05, 4.69) is 320 Å². The van der Waals surface area contributed by atoms with Crippen LogP contribution in [0, 0.1) is 0 Å². The minimum absolute atomic E-state index is 0.0762. The van der Waals surface area contributed by atoms with Crippen molar-refractivity contribution in [2.45, 2.75) is 26.2 Å². The number of anilines is 6. The highest BCUT2D eigenvalue weighted by Crippen LogP contribution is 2.52. The maximum Gasteiger partial charge on any atom is 0.264 e. The predicted octanol–water partition coefficient (Wildman–Crippen LogP) is 21.0. The van der Waals surface area contributed by atoms with E-state index >= 15 is 0 Å². The fourth-order valence-electron chi connectivity index (χ4n) is 14.8. The summed E-state index contributed by atoms with van der Waals surface area (Å²) in [5, 5.41) is 13.9. The lowest BCUT2D eigenvalue weighted by Gasteiger charge is -2.44. The molecule has 0 saturated heterocycles. The molecule has 2 aliphatic heterocycles. The highest BCUT2D eigenvalue weighted by atomic mass is 32.1. The van der Waals surface area contributed by atoms with Crippen LogP contribution in [0.1, 0.15) is 26.3 Å². The molecule has 0 aliphatic carbocycles. The summed E-state index contributed by atoms with van der Waals surface area (Å²) < 4.78 is 5.11. The van der Waals surface area contributed by atoms with Crippen LogP contribution >= 0.6 is 11.3 Å². The molecule has 0 fully saturated rings. The van der Waals surface area contributed by atoms with Gasteiger partial charge in [0, 0.05) is 59.8 Å². The third kappa shape index (κ3) is 7.62. The van der Waals surface area contributed by atoms with Crippen LogP contribution in [0.25, 0.3) is 114 Å². The number of hydrogen-bond acceptors (Lipinski definition) is 3. The van der Waals surface area contributed by atoms with Crippen molar-refractivity contribution in [3.63, 3.8) is 0 Å². The Hall–Kier alpha value is -10.5. The monoisotopic (exact) mass is 1130 g/mol. The number of fused-ring (bicyclic) bond motifs is 16. The lowest BCUT2D eigenvalue weighted by atomic mass is 9.36. The van der Waals surface area contributed by atoms with Gasteiger partial charge in [-0.05, 0) is 183 Å². The van der Waals surface area contributed by atoms with E-state index in [1.807, 2.05) is 11.3 Å². The van der Waals surface area contributed by atoms with Gasteiger partial charge in [0.15, 0.2) is 0 Å². The van der Waals surface area contributed by atoms with Crippen LogP contribution in [-0.2, 0) is 5.41 Å². The van der Waals surface area contributed by atoms with E-state index in [9.17, 15) is 0 Å². The normalized spacial score (nSPS) is 12.9. The lowest BCUT2D eigenvalue weighted by molar-refractivity contribution is 0.590. The van der Waals surface area contributed by atoms with E-state index in [-0.39, 0.29) is 12.1 Å². The van der Waals surface area contributed by atoms with Gasteiger partial charge in [-0.3, -0.25) is 0 Å². The van der Waals surface area contributed by atoms with E-state index in [0.29, 0.717) is 0 Å². The van der Waals surface area contributed by atoms with Gasteiger partial charge in [0.05, 0.1) is 16.7 Å². The summed E-state index contributed by atoms with van der Waals surface area (Å²) in [6.07, 6.45) is 0. The summed E-state index contributed by atoms with van der Waals surface area (Å²) in [6, 6.07) is 107. The van der Waals surface area contributed by atoms with E-state index in [0.717, 1.165) is 17.1 Å². The van der Waals surface area contributed by atoms with Gasteiger partial charge in [0.2, 0.25) is 0 Å². The third-order valence-corrected chi connectivity index (χ3v) is 20.0. The Labute approximate surface area is 510 Å². The first kappa shape index (κ1) is 49.9. The number of thiophene rings is 1. The maximum absolute atomic E-state index is 2.65. The van der Waals surface area contributed by atoms with Crippen LogP contribution in [0.15, 0.2) is 285 Å². The maximum atomic E-state index is 2.65. The van der Waals surface area contributed by atoms with Gasteiger partial charge in [-0.1, -0.05) is 221 Å². The molecule has 0 amide bonds. The van der Waals surface area contributed by atoms with Gasteiger partial charge >= 0.3 is 0 Å². The fourth-order valence-corrected chi connectivity index (χ4v) is 16.1. The molecule has 0 radical (unpaired) electrons. The molecular weight excluding hydrogens is 1070 g/mol. The molecule has 2 aliphatic rings. The SMILES string of the molecule is CC(C)(C)c1cc2c3c(c1)N(c1cc(-c4ccccc4)cc(-c4ccccc4)c1)c1c(sc4ccccc14)B3c1ccc(-n3c4ccccc4c4ccccc43)cc1N2c1cccc(-c2cccc3c4ccccc4c4cc5ccccc5cc4c23)c1.